The van der Waals surface area contributed by atoms with Crippen molar-refractivity contribution in [1.29, 1.82) is 0 Å². The summed E-state index contributed by atoms with van der Waals surface area (Å²) in [5, 5.41) is 7.80. The zero-order chi connectivity index (χ0) is 44.3. The van der Waals surface area contributed by atoms with Gasteiger partial charge in [-0.3, -0.25) is 0 Å². The van der Waals surface area contributed by atoms with Crippen LogP contribution in [0.4, 0.5) is 17.1 Å². The lowest BCUT2D eigenvalue weighted by molar-refractivity contribution is 1.28. The Labute approximate surface area is 397 Å². The van der Waals surface area contributed by atoms with Crippen LogP contribution in [-0.4, -0.2) is 0 Å². The van der Waals surface area contributed by atoms with Crippen molar-refractivity contribution in [3.05, 3.63) is 249 Å². The van der Waals surface area contributed by atoms with Gasteiger partial charge in [-0.15, -0.1) is 22.7 Å². The highest BCUT2D eigenvalue weighted by molar-refractivity contribution is 7.26. The zero-order valence-electron chi connectivity index (χ0n) is 36.4. The first-order valence-electron chi connectivity index (χ1n) is 22.8. The smallest absolute Gasteiger partial charge is 0.0462 e. The molecule has 3 heteroatoms. The molecule has 0 fully saturated rings. The van der Waals surface area contributed by atoms with E-state index in [0.29, 0.717) is 0 Å². The molecule has 13 rings (SSSR count). The summed E-state index contributed by atoms with van der Waals surface area (Å²) in [4.78, 5) is 2.37. The third kappa shape index (κ3) is 7.17. The molecular formula is C64H41NS2. The molecule has 13 aromatic rings. The molecular weight excluding hydrogens is 847 g/mol. The Balaban J connectivity index is 0.824. The fourth-order valence-corrected chi connectivity index (χ4v) is 12.2. The molecule has 0 aliphatic rings. The second-order valence-electron chi connectivity index (χ2n) is 17.3. The molecule has 2 aromatic heterocycles. The van der Waals surface area contributed by atoms with Gasteiger partial charge in [-0.05, 0) is 133 Å². The summed E-state index contributed by atoms with van der Waals surface area (Å²) >= 11 is 3.74. The van der Waals surface area contributed by atoms with Crippen LogP contribution < -0.4 is 4.90 Å². The van der Waals surface area contributed by atoms with Gasteiger partial charge in [0, 0.05) is 57.4 Å². The summed E-state index contributed by atoms with van der Waals surface area (Å²) in [5.41, 5.74) is 15.5. The highest BCUT2D eigenvalue weighted by Gasteiger charge is 2.16. The number of thiophene rings is 2. The SMILES string of the molecule is c1cc(-c2ccc(-c3ccc(N(c4ccc(-c5ccc6c(c5)sc5ccccc56)cc4)c4ccc(-c5cccc6c5sc5ccccc56)cc4)cc3)cc2)cc(-c2ccc3ccccc3c2)c1. The minimum absolute atomic E-state index is 1.10. The van der Waals surface area contributed by atoms with Gasteiger partial charge in [0.2, 0.25) is 0 Å². The largest absolute Gasteiger partial charge is 0.311 e. The molecule has 2 heterocycles. The van der Waals surface area contributed by atoms with Gasteiger partial charge < -0.3 is 4.90 Å². The van der Waals surface area contributed by atoms with Crippen LogP contribution >= 0.6 is 22.7 Å². The molecule has 0 amide bonds. The number of anilines is 3. The molecule has 0 saturated heterocycles. The predicted octanol–water partition coefficient (Wildman–Crippen LogP) is 19.4. The first-order chi connectivity index (χ1) is 33.2. The Kier molecular flexibility index (Phi) is 9.63. The summed E-state index contributed by atoms with van der Waals surface area (Å²) in [6, 6.07) is 91.3. The minimum atomic E-state index is 1.10. The molecule has 0 N–H and O–H groups in total. The van der Waals surface area contributed by atoms with Crippen molar-refractivity contribution in [1.82, 2.24) is 0 Å². The minimum Gasteiger partial charge on any atom is -0.311 e. The van der Waals surface area contributed by atoms with E-state index < -0.39 is 0 Å². The number of hydrogen-bond donors (Lipinski definition) is 0. The fourth-order valence-electron chi connectivity index (χ4n) is 9.83. The highest BCUT2D eigenvalue weighted by atomic mass is 32.1. The Morgan fingerprint density at radius 2 is 0.672 bits per heavy atom. The lowest BCUT2D eigenvalue weighted by atomic mass is 9.96. The molecule has 0 radical (unpaired) electrons. The maximum Gasteiger partial charge on any atom is 0.0462 e. The van der Waals surface area contributed by atoms with E-state index in [2.05, 4.69) is 254 Å². The second kappa shape index (κ2) is 16.4. The van der Waals surface area contributed by atoms with Crippen LogP contribution in [0.15, 0.2) is 249 Å². The second-order valence-corrected chi connectivity index (χ2v) is 19.4. The molecule has 0 aliphatic carbocycles. The quantitative estimate of drug-likeness (QED) is 0.147. The van der Waals surface area contributed by atoms with Crippen molar-refractivity contribution in [3.63, 3.8) is 0 Å². The van der Waals surface area contributed by atoms with Gasteiger partial charge in [-0.25, -0.2) is 0 Å². The van der Waals surface area contributed by atoms with Gasteiger partial charge in [-0.1, -0.05) is 182 Å². The maximum atomic E-state index is 2.37. The van der Waals surface area contributed by atoms with Gasteiger partial charge >= 0.3 is 0 Å². The van der Waals surface area contributed by atoms with Gasteiger partial charge in [0.25, 0.3) is 0 Å². The first-order valence-corrected chi connectivity index (χ1v) is 24.4. The van der Waals surface area contributed by atoms with Gasteiger partial charge in [-0.2, -0.15) is 0 Å². The summed E-state index contributed by atoms with van der Waals surface area (Å²) in [6.07, 6.45) is 0. The van der Waals surface area contributed by atoms with Crippen molar-refractivity contribution in [2.75, 3.05) is 4.90 Å². The Morgan fingerprint density at radius 3 is 1.34 bits per heavy atom. The van der Waals surface area contributed by atoms with E-state index in [4.69, 9.17) is 0 Å². The van der Waals surface area contributed by atoms with E-state index in [1.54, 1.807) is 0 Å². The number of rotatable bonds is 8. The predicted molar refractivity (Wildman–Crippen MR) is 292 cm³/mol. The lowest BCUT2D eigenvalue weighted by Crippen LogP contribution is -2.09. The van der Waals surface area contributed by atoms with E-state index >= 15 is 0 Å². The monoisotopic (exact) mass is 887 g/mol. The van der Waals surface area contributed by atoms with Crippen molar-refractivity contribution < 1.29 is 0 Å². The standard InChI is InChI=1S/C64H41NS2/c1-2-10-48-40-51(24-23-42(48)9-1)50-12-7-11-49(39-50)45-21-19-43(20-22-45)44-25-32-53(33-26-44)65(54-34-27-46(28-35-54)52-31-38-59-57-13-3-5-17-61(57)66-63(59)41-52)55-36-29-47(30-37-55)56-15-8-16-60-58-14-4-6-18-62(58)67-64(56)60/h1-41H. The zero-order valence-corrected chi connectivity index (χ0v) is 38.1. The Bertz CT molecular complexity index is 3950. The Hall–Kier alpha value is -8.08. The fraction of sp³-hybridized carbons (Fsp3) is 0. The van der Waals surface area contributed by atoms with Crippen LogP contribution in [0.25, 0.3) is 107 Å². The van der Waals surface area contributed by atoms with Gasteiger partial charge in [0.1, 0.15) is 0 Å². The first kappa shape index (κ1) is 39.3. The molecule has 1 nitrogen and oxygen atoms in total. The molecule has 0 saturated carbocycles. The molecule has 0 bridgehead atoms. The van der Waals surface area contributed by atoms with E-state index in [9.17, 15) is 0 Å². The van der Waals surface area contributed by atoms with Crippen LogP contribution in [0.5, 0.6) is 0 Å². The molecule has 0 unspecified atom stereocenters. The molecule has 11 aromatic carbocycles. The van der Waals surface area contributed by atoms with Crippen LogP contribution in [0, 0.1) is 0 Å². The number of benzene rings is 11. The van der Waals surface area contributed by atoms with Crippen molar-refractivity contribution in [3.8, 4) is 55.6 Å². The molecule has 67 heavy (non-hydrogen) atoms. The van der Waals surface area contributed by atoms with Crippen molar-refractivity contribution in [2.24, 2.45) is 0 Å². The van der Waals surface area contributed by atoms with Crippen LogP contribution in [0.3, 0.4) is 0 Å². The van der Waals surface area contributed by atoms with Gasteiger partial charge in [0.05, 0.1) is 0 Å². The Morgan fingerprint density at radius 1 is 0.239 bits per heavy atom. The maximum absolute atomic E-state index is 2.37. The topological polar surface area (TPSA) is 3.24 Å². The van der Waals surface area contributed by atoms with Crippen LogP contribution in [0.1, 0.15) is 0 Å². The lowest BCUT2D eigenvalue weighted by Gasteiger charge is -2.26. The summed E-state index contributed by atoms with van der Waals surface area (Å²) in [6.45, 7) is 0. The third-order valence-corrected chi connectivity index (χ3v) is 15.7. The van der Waals surface area contributed by atoms with Crippen LogP contribution in [0.2, 0.25) is 0 Å². The summed E-state index contributed by atoms with van der Waals surface area (Å²) < 4.78 is 5.30. The van der Waals surface area contributed by atoms with Crippen LogP contribution in [-0.2, 0) is 0 Å². The normalized spacial score (nSPS) is 11.6. The molecule has 0 aliphatic heterocycles. The van der Waals surface area contributed by atoms with Gasteiger partial charge in [0.15, 0.2) is 0 Å². The van der Waals surface area contributed by atoms with Crippen molar-refractivity contribution >= 4 is 90.9 Å². The van der Waals surface area contributed by atoms with E-state index in [1.807, 2.05) is 22.7 Å². The average Bonchev–Trinajstić information content (AvgIpc) is 3.98. The number of hydrogen-bond acceptors (Lipinski definition) is 3. The summed E-state index contributed by atoms with van der Waals surface area (Å²) in [7, 11) is 0. The van der Waals surface area contributed by atoms with E-state index in [1.165, 1.54) is 107 Å². The van der Waals surface area contributed by atoms with Crippen molar-refractivity contribution in [2.45, 2.75) is 0 Å². The van der Waals surface area contributed by atoms with E-state index in [-0.39, 0.29) is 0 Å². The highest BCUT2D eigenvalue weighted by Crippen LogP contribution is 2.43. The van der Waals surface area contributed by atoms with E-state index in [0.717, 1.165) is 17.1 Å². The molecule has 314 valence electrons. The molecule has 0 spiro atoms. The number of nitrogens with zero attached hydrogens (tertiary/aromatic N) is 1. The summed E-state index contributed by atoms with van der Waals surface area (Å²) in [5.74, 6) is 0. The number of fused-ring (bicyclic) bond motifs is 7. The average molecular weight is 888 g/mol. The third-order valence-electron chi connectivity index (χ3n) is 13.3. The molecule has 0 atom stereocenters.